The van der Waals surface area contributed by atoms with Crippen molar-refractivity contribution >= 4 is 17.5 Å². The number of hydrogen-bond acceptors (Lipinski definition) is 5. The third kappa shape index (κ3) is 2.59. The average Bonchev–Trinajstić information content (AvgIpc) is 3.10. The van der Waals surface area contributed by atoms with E-state index in [0.717, 1.165) is 16.7 Å². The Morgan fingerprint density at radius 3 is 2.44 bits per heavy atom. The summed E-state index contributed by atoms with van der Waals surface area (Å²) in [6.45, 7) is 4.43. The number of carbonyl (C=O) groups excluding carboxylic acids is 2. The summed E-state index contributed by atoms with van der Waals surface area (Å²) in [7, 11) is 0. The van der Waals surface area contributed by atoms with Gasteiger partial charge in [-0.1, -0.05) is 52.7 Å². The third-order valence-corrected chi connectivity index (χ3v) is 4.58. The molecule has 0 aliphatic carbocycles. The molecule has 2 aliphatic rings. The molecule has 2 aromatic rings. The van der Waals surface area contributed by atoms with Gasteiger partial charge in [-0.05, 0) is 31.5 Å². The normalized spacial score (nSPS) is 22.0. The molecule has 2 aromatic carbocycles. The Labute approximate surface area is 145 Å². The summed E-state index contributed by atoms with van der Waals surface area (Å²) in [5.74, 6) is -0.578. The lowest BCUT2D eigenvalue weighted by Crippen LogP contribution is -2.39. The van der Waals surface area contributed by atoms with E-state index in [1.54, 1.807) is 17.1 Å². The molecule has 126 valence electrons. The predicted octanol–water partition coefficient (Wildman–Crippen LogP) is 2.80. The minimum Gasteiger partial charge on any atom is -0.271 e. The molecule has 0 radical (unpaired) electrons. The van der Waals surface area contributed by atoms with Crippen LogP contribution >= 0.6 is 0 Å². The second-order valence-corrected chi connectivity index (χ2v) is 6.53. The lowest BCUT2D eigenvalue weighted by atomic mass is 10.1. The zero-order valence-electron chi connectivity index (χ0n) is 14.1. The van der Waals surface area contributed by atoms with Crippen molar-refractivity contribution in [3.8, 4) is 0 Å². The molecule has 2 heterocycles. The number of carbonyl (C=O) groups is 2. The molecule has 25 heavy (non-hydrogen) atoms. The van der Waals surface area contributed by atoms with Crippen LogP contribution in [-0.2, 0) is 16.1 Å². The van der Waals surface area contributed by atoms with Crippen molar-refractivity contribution in [2.45, 2.75) is 32.5 Å². The molecule has 6 heteroatoms. The fourth-order valence-corrected chi connectivity index (χ4v) is 3.30. The number of benzene rings is 2. The smallest absolute Gasteiger partial charge is 0.263 e. The molecule has 0 N–H and O–H groups in total. The highest BCUT2D eigenvalue weighted by atomic mass is 16.2. The average molecular weight is 334 g/mol. The van der Waals surface area contributed by atoms with Gasteiger partial charge in [0.1, 0.15) is 0 Å². The predicted molar refractivity (Wildman–Crippen MR) is 92.8 cm³/mol. The second-order valence-electron chi connectivity index (χ2n) is 6.53. The maximum atomic E-state index is 12.9. The molecule has 2 amide bonds. The number of nitrogens with zero attached hydrogens (tertiary/aromatic N) is 4. The summed E-state index contributed by atoms with van der Waals surface area (Å²) >= 11 is 0. The van der Waals surface area contributed by atoms with E-state index in [1.165, 1.54) is 4.90 Å². The Bertz CT molecular complexity index is 875. The summed E-state index contributed by atoms with van der Waals surface area (Å²) in [6.07, 6.45) is 0. The Kier molecular flexibility index (Phi) is 3.60. The van der Waals surface area contributed by atoms with Gasteiger partial charge in [-0.15, -0.1) is 0 Å². The molecule has 2 aliphatic heterocycles. The van der Waals surface area contributed by atoms with E-state index in [0.29, 0.717) is 12.2 Å². The highest BCUT2D eigenvalue weighted by molar-refractivity contribution is 6.25. The number of hydrogen-bond donors (Lipinski definition) is 0. The van der Waals surface area contributed by atoms with Crippen LogP contribution < -0.4 is 4.90 Å². The van der Waals surface area contributed by atoms with Crippen molar-refractivity contribution in [3.05, 3.63) is 65.2 Å². The third-order valence-electron chi connectivity index (χ3n) is 4.58. The zero-order valence-corrected chi connectivity index (χ0v) is 14.1. The van der Waals surface area contributed by atoms with E-state index in [4.69, 9.17) is 0 Å². The number of imide groups is 1. The SMILES string of the molecule is Cc1ccc(N2C(=O)[C@H]3N=NN(Cc4cccc(C)c4)[C@H]3C2=O)cc1. The van der Waals surface area contributed by atoms with Gasteiger partial charge in [-0.2, -0.15) is 5.11 Å². The summed E-state index contributed by atoms with van der Waals surface area (Å²) in [6, 6.07) is 13.9. The van der Waals surface area contributed by atoms with Gasteiger partial charge < -0.3 is 0 Å². The van der Waals surface area contributed by atoms with Crippen LogP contribution in [-0.4, -0.2) is 28.9 Å². The number of amides is 2. The van der Waals surface area contributed by atoms with Crippen molar-refractivity contribution in [1.29, 1.82) is 0 Å². The maximum Gasteiger partial charge on any atom is 0.263 e. The van der Waals surface area contributed by atoms with Crippen LogP contribution in [0.15, 0.2) is 58.9 Å². The minimum atomic E-state index is -0.751. The summed E-state index contributed by atoms with van der Waals surface area (Å²) in [4.78, 5) is 26.8. The molecule has 0 spiro atoms. The number of anilines is 1. The van der Waals surface area contributed by atoms with E-state index in [9.17, 15) is 9.59 Å². The lowest BCUT2D eigenvalue weighted by Gasteiger charge is -2.20. The van der Waals surface area contributed by atoms with Gasteiger partial charge in [-0.25, -0.2) is 4.90 Å². The summed E-state index contributed by atoms with van der Waals surface area (Å²) in [5.41, 5.74) is 3.83. The fourth-order valence-electron chi connectivity index (χ4n) is 3.30. The molecular weight excluding hydrogens is 316 g/mol. The van der Waals surface area contributed by atoms with Gasteiger partial charge >= 0.3 is 0 Å². The lowest BCUT2D eigenvalue weighted by molar-refractivity contribution is -0.123. The van der Waals surface area contributed by atoms with Gasteiger partial charge in [0.2, 0.25) is 0 Å². The molecule has 0 aromatic heterocycles. The Balaban J connectivity index is 1.60. The molecular formula is C19H18N4O2. The first-order chi connectivity index (χ1) is 12.0. The number of rotatable bonds is 3. The molecule has 1 saturated heterocycles. The summed E-state index contributed by atoms with van der Waals surface area (Å²) in [5, 5.41) is 9.76. The van der Waals surface area contributed by atoms with Crippen molar-refractivity contribution < 1.29 is 9.59 Å². The van der Waals surface area contributed by atoms with Crippen LogP contribution in [0.5, 0.6) is 0 Å². The van der Waals surface area contributed by atoms with E-state index in [1.807, 2.05) is 50.2 Å². The quantitative estimate of drug-likeness (QED) is 0.811. The van der Waals surface area contributed by atoms with E-state index < -0.39 is 12.1 Å². The van der Waals surface area contributed by atoms with E-state index in [-0.39, 0.29) is 11.8 Å². The molecule has 4 rings (SSSR count). The highest BCUT2D eigenvalue weighted by Crippen LogP contribution is 2.32. The van der Waals surface area contributed by atoms with Crippen LogP contribution in [0.25, 0.3) is 0 Å². The molecule has 1 fully saturated rings. The minimum absolute atomic E-state index is 0.267. The standard InChI is InChI=1S/C19H18N4O2/c1-12-6-8-15(9-7-12)23-18(24)16-17(19(23)25)22(21-20-16)11-14-5-3-4-13(2)10-14/h3-10,16-17H,11H2,1-2H3/t16-,17+/m0/s1. The number of fused-ring (bicyclic) bond motifs is 1. The van der Waals surface area contributed by atoms with Crippen molar-refractivity contribution in [2.24, 2.45) is 10.3 Å². The fraction of sp³-hybridized carbons (Fsp3) is 0.263. The molecule has 2 atom stereocenters. The molecule has 6 nitrogen and oxygen atoms in total. The van der Waals surface area contributed by atoms with Crippen molar-refractivity contribution in [2.75, 3.05) is 4.90 Å². The first-order valence-corrected chi connectivity index (χ1v) is 8.22. The summed E-state index contributed by atoms with van der Waals surface area (Å²) < 4.78 is 0. The van der Waals surface area contributed by atoms with Gasteiger partial charge in [0, 0.05) is 0 Å². The maximum absolute atomic E-state index is 12.9. The number of aryl methyl sites for hydroxylation is 2. The largest absolute Gasteiger partial charge is 0.271 e. The van der Waals surface area contributed by atoms with Crippen molar-refractivity contribution in [1.82, 2.24) is 5.01 Å². The van der Waals surface area contributed by atoms with E-state index in [2.05, 4.69) is 10.3 Å². The molecule has 0 unspecified atom stereocenters. The van der Waals surface area contributed by atoms with Gasteiger partial charge in [-0.3, -0.25) is 14.6 Å². The molecule has 0 saturated carbocycles. The van der Waals surface area contributed by atoms with E-state index >= 15 is 0 Å². The van der Waals surface area contributed by atoms with Crippen molar-refractivity contribution in [3.63, 3.8) is 0 Å². The van der Waals surface area contributed by atoms with Crippen LogP contribution in [0, 0.1) is 13.8 Å². The molecule has 0 bridgehead atoms. The second kappa shape index (κ2) is 5.81. The Hall–Kier alpha value is -3.02. The van der Waals surface area contributed by atoms with Gasteiger partial charge in [0.15, 0.2) is 12.1 Å². The topological polar surface area (TPSA) is 65.3 Å². The van der Waals surface area contributed by atoms with Crippen LogP contribution in [0.3, 0.4) is 0 Å². The van der Waals surface area contributed by atoms with Crippen LogP contribution in [0.1, 0.15) is 16.7 Å². The van der Waals surface area contributed by atoms with Crippen LogP contribution in [0.4, 0.5) is 5.69 Å². The Morgan fingerprint density at radius 1 is 0.960 bits per heavy atom. The van der Waals surface area contributed by atoms with Crippen LogP contribution in [0.2, 0.25) is 0 Å². The van der Waals surface area contributed by atoms with Gasteiger partial charge in [0.05, 0.1) is 12.2 Å². The monoisotopic (exact) mass is 334 g/mol. The van der Waals surface area contributed by atoms with Gasteiger partial charge in [0.25, 0.3) is 11.8 Å². The first-order valence-electron chi connectivity index (χ1n) is 8.22. The highest BCUT2D eigenvalue weighted by Gasteiger charge is 2.54. The Morgan fingerprint density at radius 2 is 1.72 bits per heavy atom. The first kappa shape index (κ1) is 15.5. The zero-order chi connectivity index (χ0) is 17.6.